The van der Waals surface area contributed by atoms with Gasteiger partial charge in [-0.2, -0.15) is 0 Å². The van der Waals surface area contributed by atoms with Crippen molar-refractivity contribution < 1.29 is 23.7 Å². The first-order valence-electron chi connectivity index (χ1n) is 11.1. The number of anilines is 1. The largest absolute Gasteiger partial charge is 0.323 e. The highest BCUT2D eigenvalue weighted by atomic mass is 19.1. The molecule has 1 aliphatic carbocycles. The van der Waals surface area contributed by atoms with E-state index < -0.39 is 34.5 Å². The third-order valence-corrected chi connectivity index (χ3v) is 6.32. The summed E-state index contributed by atoms with van der Waals surface area (Å²) in [7, 11) is 0. The molecule has 0 spiro atoms. The average molecular weight is 453 g/mol. The molecule has 0 radical (unpaired) electrons. The summed E-state index contributed by atoms with van der Waals surface area (Å²) in [6, 6.07) is 9.15. The van der Waals surface area contributed by atoms with Gasteiger partial charge in [0.25, 0.3) is 17.5 Å². The molecule has 1 aliphatic heterocycles. The summed E-state index contributed by atoms with van der Waals surface area (Å²) in [5.74, 6) is -1.88. The smallest absolute Gasteiger partial charge is 0.269 e. The van der Waals surface area contributed by atoms with Gasteiger partial charge in [-0.1, -0.05) is 25.7 Å². The van der Waals surface area contributed by atoms with E-state index in [9.17, 15) is 28.9 Å². The predicted octanol–water partition coefficient (Wildman–Crippen LogP) is 4.23. The number of carbonyl (C=O) groups excluding carboxylic acids is 3. The molecular formula is C24H24FN3O5. The fourth-order valence-electron chi connectivity index (χ4n) is 4.67. The van der Waals surface area contributed by atoms with Crippen molar-refractivity contribution in [3.05, 3.63) is 70.0 Å². The Morgan fingerprint density at radius 1 is 0.970 bits per heavy atom. The average Bonchev–Trinajstić information content (AvgIpc) is 2.97. The first kappa shape index (κ1) is 22.6. The van der Waals surface area contributed by atoms with Gasteiger partial charge < -0.3 is 4.90 Å². The van der Waals surface area contributed by atoms with Crippen LogP contribution in [0.1, 0.15) is 55.3 Å². The molecule has 2 aromatic rings. The fourth-order valence-corrected chi connectivity index (χ4v) is 4.67. The van der Waals surface area contributed by atoms with Crippen LogP contribution >= 0.6 is 0 Å². The van der Waals surface area contributed by atoms with E-state index in [-0.39, 0.29) is 29.4 Å². The van der Waals surface area contributed by atoms with Crippen molar-refractivity contribution in [1.29, 1.82) is 0 Å². The molecule has 1 heterocycles. The third-order valence-electron chi connectivity index (χ3n) is 6.32. The summed E-state index contributed by atoms with van der Waals surface area (Å²) in [5, 5.41) is 11.0. The van der Waals surface area contributed by atoms with Gasteiger partial charge in [0.1, 0.15) is 11.9 Å². The van der Waals surface area contributed by atoms with E-state index >= 15 is 0 Å². The normalized spacial score (nSPS) is 19.4. The van der Waals surface area contributed by atoms with Crippen molar-refractivity contribution in [2.24, 2.45) is 0 Å². The minimum absolute atomic E-state index is 0.137. The van der Waals surface area contributed by atoms with Crippen LogP contribution in [-0.2, 0) is 9.59 Å². The number of halogens is 1. The SMILES string of the molecule is O=C1CC(N(C(=O)c2ccc([N+](=O)[O-])cc2)C2CCCCCC2)C(=O)N1c1ccc(F)cc1. The second-order valence-electron chi connectivity index (χ2n) is 8.43. The van der Waals surface area contributed by atoms with Crippen LogP contribution in [0.2, 0.25) is 0 Å². The maximum atomic E-state index is 13.6. The number of nitro groups is 1. The Kier molecular flexibility index (Phi) is 6.48. The number of benzene rings is 2. The monoisotopic (exact) mass is 453 g/mol. The lowest BCUT2D eigenvalue weighted by Gasteiger charge is -2.35. The van der Waals surface area contributed by atoms with Gasteiger partial charge in [-0.25, -0.2) is 9.29 Å². The highest BCUT2D eigenvalue weighted by Crippen LogP contribution is 2.32. The Labute approximate surface area is 190 Å². The summed E-state index contributed by atoms with van der Waals surface area (Å²) in [6.45, 7) is 0. The molecule has 0 aromatic heterocycles. The van der Waals surface area contributed by atoms with Gasteiger partial charge >= 0.3 is 0 Å². The highest BCUT2D eigenvalue weighted by Gasteiger charge is 2.46. The van der Waals surface area contributed by atoms with Crippen LogP contribution in [0.3, 0.4) is 0 Å². The number of carbonyl (C=O) groups is 3. The van der Waals surface area contributed by atoms with E-state index in [0.717, 1.165) is 30.6 Å². The highest BCUT2D eigenvalue weighted by molar-refractivity contribution is 6.23. The van der Waals surface area contributed by atoms with Gasteiger partial charge in [0.2, 0.25) is 5.91 Å². The van der Waals surface area contributed by atoms with Gasteiger partial charge in [0.15, 0.2) is 0 Å². The number of non-ortho nitro benzene ring substituents is 1. The van der Waals surface area contributed by atoms with Crippen LogP contribution in [-0.4, -0.2) is 39.6 Å². The second kappa shape index (κ2) is 9.48. The molecule has 172 valence electrons. The van der Waals surface area contributed by atoms with Crippen LogP contribution in [0.4, 0.5) is 15.8 Å². The Morgan fingerprint density at radius 2 is 1.58 bits per heavy atom. The van der Waals surface area contributed by atoms with E-state index in [4.69, 9.17) is 0 Å². The quantitative estimate of drug-likeness (QED) is 0.292. The van der Waals surface area contributed by atoms with Gasteiger partial charge in [0, 0.05) is 23.7 Å². The topological polar surface area (TPSA) is 101 Å². The Hall–Kier alpha value is -3.62. The van der Waals surface area contributed by atoms with Crippen LogP contribution in [0.5, 0.6) is 0 Å². The number of nitro benzene ring substituents is 1. The number of hydrogen-bond donors (Lipinski definition) is 0. The van der Waals surface area contributed by atoms with Crippen molar-refractivity contribution in [2.75, 3.05) is 4.90 Å². The van der Waals surface area contributed by atoms with Crippen molar-refractivity contribution in [3.8, 4) is 0 Å². The molecule has 1 saturated carbocycles. The standard InChI is InChI=1S/C24H24FN3O5/c25-17-9-13-19(14-10-17)27-22(29)15-21(24(27)31)26(18-5-3-1-2-4-6-18)23(30)16-7-11-20(12-8-16)28(32)33/h7-14,18,21H,1-6,15H2. The maximum Gasteiger partial charge on any atom is 0.269 e. The lowest BCUT2D eigenvalue weighted by atomic mass is 10.0. The van der Waals surface area contributed by atoms with Crippen LogP contribution < -0.4 is 4.90 Å². The molecule has 8 nitrogen and oxygen atoms in total. The summed E-state index contributed by atoms with van der Waals surface area (Å²) in [6.07, 6.45) is 5.16. The first-order valence-corrected chi connectivity index (χ1v) is 11.1. The summed E-state index contributed by atoms with van der Waals surface area (Å²) < 4.78 is 13.3. The molecule has 2 fully saturated rings. The zero-order chi connectivity index (χ0) is 23.5. The van der Waals surface area contributed by atoms with E-state index in [1.165, 1.54) is 53.4 Å². The lowest BCUT2D eigenvalue weighted by molar-refractivity contribution is -0.384. The molecule has 1 unspecified atom stereocenters. The number of rotatable bonds is 5. The molecule has 3 amide bonds. The van der Waals surface area contributed by atoms with Gasteiger partial charge in [-0.15, -0.1) is 0 Å². The molecule has 2 aliphatic rings. The predicted molar refractivity (Wildman–Crippen MR) is 118 cm³/mol. The van der Waals surface area contributed by atoms with E-state index in [0.29, 0.717) is 12.8 Å². The molecule has 0 bridgehead atoms. The fraction of sp³-hybridized carbons (Fsp3) is 0.375. The summed E-state index contributed by atoms with van der Waals surface area (Å²) in [5.41, 5.74) is 0.352. The number of nitrogens with zero attached hydrogens (tertiary/aromatic N) is 3. The van der Waals surface area contributed by atoms with Crippen molar-refractivity contribution in [3.63, 3.8) is 0 Å². The Morgan fingerprint density at radius 3 is 2.15 bits per heavy atom. The van der Waals surface area contributed by atoms with Gasteiger partial charge in [-0.3, -0.25) is 24.5 Å². The summed E-state index contributed by atoms with van der Waals surface area (Å²) in [4.78, 5) is 52.7. The molecule has 33 heavy (non-hydrogen) atoms. The molecule has 0 N–H and O–H groups in total. The number of imide groups is 1. The van der Waals surface area contributed by atoms with Crippen LogP contribution in [0.15, 0.2) is 48.5 Å². The zero-order valence-corrected chi connectivity index (χ0v) is 18.0. The van der Waals surface area contributed by atoms with E-state index in [1.54, 1.807) is 0 Å². The third kappa shape index (κ3) is 4.62. The van der Waals surface area contributed by atoms with Crippen LogP contribution in [0, 0.1) is 15.9 Å². The van der Waals surface area contributed by atoms with Crippen molar-refractivity contribution in [2.45, 2.75) is 57.0 Å². The number of amides is 3. The lowest BCUT2D eigenvalue weighted by Crippen LogP contribution is -2.50. The molecule has 9 heteroatoms. The summed E-state index contributed by atoms with van der Waals surface area (Å²) >= 11 is 0. The molecule has 1 atom stereocenters. The molecular weight excluding hydrogens is 429 g/mol. The minimum Gasteiger partial charge on any atom is -0.323 e. The molecule has 4 rings (SSSR count). The zero-order valence-electron chi connectivity index (χ0n) is 18.0. The van der Waals surface area contributed by atoms with E-state index in [1.807, 2.05) is 0 Å². The van der Waals surface area contributed by atoms with E-state index in [2.05, 4.69) is 0 Å². The number of hydrogen-bond acceptors (Lipinski definition) is 5. The second-order valence-corrected chi connectivity index (χ2v) is 8.43. The van der Waals surface area contributed by atoms with Crippen molar-refractivity contribution >= 4 is 29.1 Å². The minimum atomic E-state index is -0.978. The Balaban J connectivity index is 1.67. The Bertz CT molecular complexity index is 1060. The maximum absolute atomic E-state index is 13.6. The van der Waals surface area contributed by atoms with Crippen molar-refractivity contribution in [1.82, 2.24) is 4.90 Å². The van der Waals surface area contributed by atoms with Gasteiger partial charge in [-0.05, 0) is 49.2 Å². The first-order chi connectivity index (χ1) is 15.9. The molecule has 2 aromatic carbocycles. The van der Waals surface area contributed by atoms with Crippen LogP contribution in [0.25, 0.3) is 0 Å². The van der Waals surface area contributed by atoms with Gasteiger partial charge in [0.05, 0.1) is 17.0 Å². The molecule has 1 saturated heterocycles.